The van der Waals surface area contributed by atoms with Gasteiger partial charge in [0.05, 0.1) is 0 Å². The number of hydrogen-bond acceptors (Lipinski definition) is 5. The van der Waals surface area contributed by atoms with E-state index in [1.54, 1.807) is 0 Å². The minimum atomic E-state index is -0.172. The number of ketones is 1. The first kappa shape index (κ1) is 8.73. The first-order valence-corrected chi connectivity index (χ1v) is 3.42. The van der Waals surface area contributed by atoms with Gasteiger partial charge in [0.2, 0.25) is 0 Å². The van der Waals surface area contributed by atoms with Crippen LogP contribution in [-0.4, -0.2) is 27.8 Å². The quantitative estimate of drug-likeness (QED) is 0.602. The SMILES string of the molecule is COCc1ncnc(C(C)=O)n1. The highest BCUT2D eigenvalue weighted by Gasteiger charge is 2.03. The van der Waals surface area contributed by atoms with Crippen molar-refractivity contribution in [3.05, 3.63) is 18.0 Å². The number of ether oxygens (including phenoxy) is 1. The molecule has 0 spiro atoms. The second-order valence-electron chi connectivity index (χ2n) is 2.21. The predicted octanol–water partition coefficient (Wildman–Crippen LogP) is 0.221. The van der Waals surface area contributed by atoms with Gasteiger partial charge in [0, 0.05) is 14.0 Å². The number of hydrogen-bond donors (Lipinski definition) is 0. The number of rotatable bonds is 3. The van der Waals surface area contributed by atoms with Gasteiger partial charge in [-0.05, 0) is 0 Å². The van der Waals surface area contributed by atoms with Crippen LogP contribution in [0, 0.1) is 0 Å². The highest BCUT2D eigenvalue weighted by atomic mass is 16.5. The summed E-state index contributed by atoms with van der Waals surface area (Å²) in [6, 6.07) is 0. The summed E-state index contributed by atoms with van der Waals surface area (Å²) in [6.07, 6.45) is 1.30. The Hall–Kier alpha value is -1.36. The van der Waals surface area contributed by atoms with Crippen LogP contribution in [0.5, 0.6) is 0 Å². The van der Waals surface area contributed by atoms with Crippen LogP contribution in [0.15, 0.2) is 6.33 Å². The summed E-state index contributed by atoms with van der Waals surface area (Å²) < 4.78 is 4.80. The van der Waals surface area contributed by atoms with Crippen molar-refractivity contribution >= 4 is 5.78 Å². The van der Waals surface area contributed by atoms with Crippen molar-refractivity contribution in [1.29, 1.82) is 0 Å². The average molecular weight is 167 g/mol. The van der Waals surface area contributed by atoms with Gasteiger partial charge in [0.15, 0.2) is 17.4 Å². The molecule has 0 amide bonds. The minimum Gasteiger partial charge on any atom is -0.377 e. The summed E-state index contributed by atoms with van der Waals surface area (Å²) in [5.74, 6) is 0.476. The van der Waals surface area contributed by atoms with Crippen molar-refractivity contribution in [3.8, 4) is 0 Å². The van der Waals surface area contributed by atoms with Crippen LogP contribution in [0.1, 0.15) is 23.4 Å². The third-order valence-corrected chi connectivity index (χ3v) is 1.21. The zero-order valence-corrected chi connectivity index (χ0v) is 6.94. The monoisotopic (exact) mass is 167 g/mol. The fraction of sp³-hybridized carbons (Fsp3) is 0.429. The van der Waals surface area contributed by atoms with Gasteiger partial charge in [-0.25, -0.2) is 15.0 Å². The molecule has 0 unspecified atom stereocenters. The summed E-state index contributed by atoms with van der Waals surface area (Å²) in [6.45, 7) is 1.70. The second-order valence-corrected chi connectivity index (χ2v) is 2.21. The molecular weight excluding hydrogens is 158 g/mol. The summed E-state index contributed by atoms with van der Waals surface area (Å²) >= 11 is 0. The molecule has 1 aromatic heterocycles. The number of Topliss-reactive ketones (excluding diaryl/α,β-unsaturated/α-hetero) is 1. The lowest BCUT2D eigenvalue weighted by Gasteiger charge is -1.97. The van der Waals surface area contributed by atoms with E-state index in [9.17, 15) is 4.79 Å². The largest absolute Gasteiger partial charge is 0.377 e. The molecule has 0 aromatic carbocycles. The Morgan fingerprint density at radius 3 is 2.92 bits per heavy atom. The molecule has 0 aliphatic rings. The molecule has 0 bridgehead atoms. The first-order chi connectivity index (χ1) is 5.74. The van der Waals surface area contributed by atoms with E-state index in [0.29, 0.717) is 12.4 Å². The molecule has 0 radical (unpaired) electrons. The molecule has 0 aliphatic heterocycles. The van der Waals surface area contributed by atoms with Crippen LogP contribution in [-0.2, 0) is 11.3 Å². The Bertz CT molecular complexity index is 288. The Morgan fingerprint density at radius 1 is 1.58 bits per heavy atom. The Kier molecular flexibility index (Phi) is 2.82. The van der Waals surface area contributed by atoms with E-state index in [-0.39, 0.29) is 11.6 Å². The minimum absolute atomic E-state index is 0.172. The van der Waals surface area contributed by atoms with E-state index >= 15 is 0 Å². The maximum absolute atomic E-state index is 10.8. The molecule has 0 fully saturated rings. The van der Waals surface area contributed by atoms with Gasteiger partial charge in [-0.3, -0.25) is 4.79 Å². The summed E-state index contributed by atoms with van der Waals surface area (Å²) in [5.41, 5.74) is 0. The molecule has 0 aliphatic carbocycles. The van der Waals surface area contributed by atoms with E-state index < -0.39 is 0 Å². The topological polar surface area (TPSA) is 65.0 Å². The Balaban J connectivity index is 2.88. The smallest absolute Gasteiger partial charge is 0.198 e. The zero-order chi connectivity index (χ0) is 8.97. The van der Waals surface area contributed by atoms with E-state index in [1.807, 2.05) is 0 Å². The summed E-state index contributed by atoms with van der Waals surface area (Å²) in [4.78, 5) is 22.2. The zero-order valence-electron chi connectivity index (χ0n) is 6.94. The van der Waals surface area contributed by atoms with Crippen molar-refractivity contribution in [3.63, 3.8) is 0 Å². The highest BCUT2D eigenvalue weighted by molar-refractivity contribution is 5.89. The van der Waals surface area contributed by atoms with Crippen molar-refractivity contribution in [2.24, 2.45) is 0 Å². The number of carbonyl (C=O) groups excluding carboxylic acids is 1. The van der Waals surface area contributed by atoms with E-state index in [2.05, 4.69) is 15.0 Å². The summed E-state index contributed by atoms with van der Waals surface area (Å²) in [7, 11) is 1.54. The number of nitrogens with zero attached hydrogens (tertiary/aromatic N) is 3. The number of aromatic nitrogens is 3. The molecule has 1 rings (SSSR count). The van der Waals surface area contributed by atoms with Gasteiger partial charge < -0.3 is 4.74 Å². The number of carbonyl (C=O) groups is 1. The van der Waals surface area contributed by atoms with Gasteiger partial charge in [-0.1, -0.05) is 0 Å². The lowest BCUT2D eigenvalue weighted by atomic mass is 10.4. The van der Waals surface area contributed by atoms with Crippen LogP contribution in [0.3, 0.4) is 0 Å². The van der Waals surface area contributed by atoms with Crippen LogP contribution >= 0.6 is 0 Å². The lowest BCUT2D eigenvalue weighted by molar-refractivity contribution is 0.100. The van der Waals surface area contributed by atoms with Gasteiger partial charge in [0.25, 0.3) is 0 Å². The van der Waals surface area contributed by atoms with Crippen molar-refractivity contribution in [1.82, 2.24) is 15.0 Å². The maximum Gasteiger partial charge on any atom is 0.198 e. The Labute approximate surface area is 69.8 Å². The summed E-state index contributed by atoms with van der Waals surface area (Å²) in [5, 5.41) is 0. The molecule has 5 heteroatoms. The molecular formula is C7H9N3O2. The molecule has 12 heavy (non-hydrogen) atoms. The van der Waals surface area contributed by atoms with Crippen LogP contribution in [0.25, 0.3) is 0 Å². The van der Waals surface area contributed by atoms with E-state index in [4.69, 9.17) is 4.74 Å². The standard InChI is InChI=1S/C7H9N3O2/c1-5(11)7-9-4-8-6(10-7)3-12-2/h4H,3H2,1-2H3. The molecule has 0 saturated carbocycles. The van der Waals surface area contributed by atoms with Gasteiger partial charge >= 0.3 is 0 Å². The molecule has 1 heterocycles. The third kappa shape index (κ3) is 2.06. The molecule has 64 valence electrons. The third-order valence-electron chi connectivity index (χ3n) is 1.21. The molecule has 0 atom stereocenters. The normalized spacial score (nSPS) is 9.83. The second kappa shape index (κ2) is 3.87. The fourth-order valence-corrected chi connectivity index (χ4v) is 0.698. The van der Waals surface area contributed by atoms with Crippen molar-refractivity contribution in [2.45, 2.75) is 13.5 Å². The highest BCUT2D eigenvalue weighted by Crippen LogP contribution is 1.93. The molecule has 0 N–H and O–H groups in total. The van der Waals surface area contributed by atoms with Gasteiger partial charge in [-0.2, -0.15) is 0 Å². The van der Waals surface area contributed by atoms with Crippen LogP contribution < -0.4 is 0 Å². The van der Waals surface area contributed by atoms with E-state index in [1.165, 1.54) is 20.4 Å². The van der Waals surface area contributed by atoms with Crippen LogP contribution in [0.2, 0.25) is 0 Å². The van der Waals surface area contributed by atoms with E-state index in [0.717, 1.165) is 0 Å². The van der Waals surface area contributed by atoms with Gasteiger partial charge in [0.1, 0.15) is 12.9 Å². The molecule has 0 saturated heterocycles. The van der Waals surface area contributed by atoms with Crippen molar-refractivity contribution in [2.75, 3.05) is 7.11 Å². The van der Waals surface area contributed by atoms with Crippen LogP contribution in [0.4, 0.5) is 0 Å². The maximum atomic E-state index is 10.8. The number of methoxy groups -OCH3 is 1. The fourth-order valence-electron chi connectivity index (χ4n) is 0.698. The lowest BCUT2D eigenvalue weighted by Crippen LogP contribution is -2.06. The van der Waals surface area contributed by atoms with Crippen molar-refractivity contribution < 1.29 is 9.53 Å². The first-order valence-electron chi connectivity index (χ1n) is 3.42. The Morgan fingerprint density at radius 2 is 2.33 bits per heavy atom. The average Bonchev–Trinajstić information content (AvgIpc) is 2.05. The van der Waals surface area contributed by atoms with Gasteiger partial charge in [-0.15, -0.1) is 0 Å². The molecule has 5 nitrogen and oxygen atoms in total. The molecule has 1 aromatic rings. The predicted molar refractivity (Wildman–Crippen MR) is 40.5 cm³/mol.